The van der Waals surface area contributed by atoms with Crippen molar-refractivity contribution in [1.29, 1.82) is 0 Å². The molecular weight excluding hydrogens is 629 g/mol. The highest BCUT2D eigenvalue weighted by Crippen LogP contribution is 2.40. The van der Waals surface area contributed by atoms with Gasteiger partial charge in [-0.05, 0) is 36.3 Å². The Morgan fingerprint density at radius 3 is 2.62 bits per heavy atom. The lowest BCUT2D eigenvalue weighted by atomic mass is 10.0. The fourth-order valence-corrected chi connectivity index (χ4v) is 6.57. The van der Waals surface area contributed by atoms with Gasteiger partial charge in [0.2, 0.25) is 5.91 Å². The third kappa shape index (κ3) is 5.94. The fourth-order valence-electron chi connectivity index (χ4n) is 6.25. The molecule has 0 aliphatic carbocycles. The number of fused-ring (bicyclic) bond motifs is 1. The molecule has 3 saturated heterocycles. The van der Waals surface area contributed by atoms with Crippen molar-refractivity contribution in [2.24, 2.45) is 0 Å². The van der Waals surface area contributed by atoms with Gasteiger partial charge in [-0.25, -0.2) is 19.0 Å². The van der Waals surface area contributed by atoms with E-state index in [1.165, 1.54) is 12.4 Å². The van der Waals surface area contributed by atoms with Crippen LogP contribution >= 0.6 is 11.6 Å². The summed E-state index contributed by atoms with van der Waals surface area (Å²) in [7, 11) is 3.15. The lowest BCUT2D eigenvalue weighted by molar-refractivity contribution is -0.134. The Hall–Kier alpha value is -4.46. The van der Waals surface area contributed by atoms with E-state index in [2.05, 4.69) is 31.9 Å². The highest BCUT2D eigenvalue weighted by atomic mass is 35.5. The van der Waals surface area contributed by atoms with Crippen LogP contribution in [0.25, 0.3) is 22.0 Å². The van der Waals surface area contributed by atoms with Crippen molar-refractivity contribution in [3.8, 4) is 28.4 Å². The maximum absolute atomic E-state index is 15.4. The highest BCUT2D eigenvalue weighted by Gasteiger charge is 2.37. The van der Waals surface area contributed by atoms with Gasteiger partial charge >= 0.3 is 0 Å². The van der Waals surface area contributed by atoms with E-state index in [0.717, 1.165) is 12.1 Å². The number of carbonyl (C=O) groups is 1. The van der Waals surface area contributed by atoms with Crippen molar-refractivity contribution in [1.82, 2.24) is 29.5 Å². The van der Waals surface area contributed by atoms with E-state index in [1.54, 1.807) is 36.1 Å². The second kappa shape index (κ2) is 13.0. The maximum atomic E-state index is 15.4. The summed E-state index contributed by atoms with van der Waals surface area (Å²) in [6, 6.07) is 9.06. The Morgan fingerprint density at radius 2 is 1.91 bits per heavy atom. The van der Waals surface area contributed by atoms with Crippen LogP contribution in [0.1, 0.15) is 12.5 Å². The Morgan fingerprint density at radius 1 is 1.11 bits per heavy atom. The van der Waals surface area contributed by atoms with Crippen molar-refractivity contribution in [2.75, 3.05) is 58.9 Å². The Bertz CT molecular complexity index is 1810. The molecule has 3 fully saturated rings. The molecule has 7 rings (SSSR count). The largest absolute Gasteiger partial charge is 0.495 e. The number of hydrogen-bond acceptors (Lipinski definition) is 10. The fraction of sp³-hybridized carbons (Fsp3) is 0.394. The molecule has 0 bridgehead atoms. The molecule has 12 nitrogen and oxygen atoms in total. The molecule has 0 radical (unpaired) electrons. The number of piperidine rings is 1. The summed E-state index contributed by atoms with van der Waals surface area (Å²) < 4.78 is 39.8. The van der Waals surface area contributed by atoms with Gasteiger partial charge in [0.1, 0.15) is 35.3 Å². The third-order valence-corrected chi connectivity index (χ3v) is 9.41. The van der Waals surface area contributed by atoms with Gasteiger partial charge in [-0.1, -0.05) is 24.2 Å². The molecule has 2 aromatic carbocycles. The average molecular weight is 664 g/mol. The van der Waals surface area contributed by atoms with Gasteiger partial charge in [0.15, 0.2) is 11.5 Å². The standard InChI is InChI=1S/C33H35ClFN7O5/c1-4-31(43)41-13-21(14-41)47-30-10-22-25(11-29(30)45-3)36-18-37-33(22)39-26-9-19(5-6-28(26)44-2)23-12-38-42(32(23)34)27-7-8-40(15-24(27)35)20-16-46-17-20/h4-6,9-12,18,20-21,24,27H,1,7-8,13-17H2,2-3H3,(H,36,37,39)/t24-,27-/m0/s1. The summed E-state index contributed by atoms with van der Waals surface area (Å²) in [5.41, 5.74) is 2.72. The summed E-state index contributed by atoms with van der Waals surface area (Å²) in [4.78, 5) is 24.6. The number of ether oxygens (including phenoxy) is 4. The molecule has 2 aromatic heterocycles. The summed E-state index contributed by atoms with van der Waals surface area (Å²) in [6.45, 7) is 6.86. The Balaban J connectivity index is 1.14. The number of alkyl halides is 1. The van der Waals surface area contributed by atoms with Gasteiger partial charge in [-0.15, -0.1) is 0 Å². The second-order valence-corrected chi connectivity index (χ2v) is 12.2. The van der Waals surface area contributed by atoms with Crippen LogP contribution in [0.5, 0.6) is 17.2 Å². The van der Waals surface area contributed by atoms with Crippen molar-refractivity contribution in [2.45, 2.75) is 30.8 Å². The number of nitrogens with zero attached hydrogens (tertiary/aromatic N) is 6. The van der Waals surface area contributed by atoms with Crippen LogP contribution in [-0.4, -0.2) is 107 Å². The van der Waals surface area contributed by atoms with Gasteiger partial charge < -0.3 is 29.2 Å². The molecule has 4 aromatic rings. The van der Waals surface area contributed by atoms with E-state index in [0.29, 0.717) is 95.7 Å². The molecule has 246 valence electrons. The molecule has 47 heavy (non-hydrogen) atoms. The molecule has 5 heterocycles. The molecule has 14 heteroatoms. The van der Waals surface area contributed by atoms with Gasteiger partial charge in [0.05, 0.1) is 70.0 Å². The van der Waals surface area contributed by atoms with Crippen LogP contribution in [0.4, 0.5) is 15.9 Å². The van der Waals surface area contributed by atoms with E-state index in [4.69, 9.17) is 30.5 Å². The average Bonchev–Trinajstić information content (AvgIpc) is 3.41. The van der Waals surface area contributed by atoms with E-state index in [9.17, 15) is 4.79 Å². The number of nitrogens with one attached hydrogen (secondary N) is 1. The van der Waals surface area contributed by atoms with Gasteiger partial charge in [0, 0.05) is 30.1 Å². The molecule has 2 atom stereocenters. The number of amides is 1. The van der Waals surface area contributed by atoms with Crippen LogP contribution in [0.15, 0.2) is 55.5 Å². The first-order valence-corrected chi connectivity index (χ1v) is 15.8. The normalized spacial score (nSPS) is 20.4. The minimum atomic E-state index is -1.10. The van der Waals surface area contributed by atoms with Crippen molar-refractivity contribution in [3.63, 3.8) is 0 Å². The zero-order valence-electron chi connectivity index (χ0n) is 26.1. The third-order valence-electron chi connectivity index (χ3n) is 9.04. The molecule has 3 aliphatic rings. The number of halogens is 2. The van der Waals surface area contributed by atoms with Gasteiger partial charge in [-0.3, -0.25) is 9.69 Å². The van der Waals surface area contributed by atoms with E-state index in [-0.39, 0.29) is 12.0 Å². The van der Waals surface area contributed by atoms with Crippen LogP contribution in [0.3, 0.4) is 0 Å². The predicted octanol–water partition coefficient (Wildman–Crippen LogP) is 4.67. The van der Waals surface area contributed by atoms with E-state index >= 15 is 4.39 Å². The van der Waals surface area contributed by atoms with Crippen molar-refractivity contribution >= 4 is 39.9 Å². The zero-order valence-corrected chi connectivity index (χ0v) is 26.8. The van der Waals surface area contributed by atoms with Crippen LogP contribution in [0.2, 0.25) is 5.15 Å². The predicted molar refractivity (Wildman–Crippen MR) is 175 cm³/mol. The number of rotatable bonds is 10. The van der Waals surface area contributed by atoms with Gasteiger partial charge in [-0.2, -0.15) is 5.10 Å². The molecule has 0 saturated carbocycles. The van der Waals surface area contributed by atoms with Crippen molar-refractivity contribution < 1.29 is 28.1 Å². The first kappa shape index (κ1) is 31.2. The summed E-state index contributed by atoms with van der Waals surface area (Å²) in [5.74, 6) is 1.98. The summed E-state index contributed by atoms with van der Waals surface area (Å²) in [6.07, 6.45) is 3.75. The van der Waals surface area contributed by atoms with Crippen molar-refractivity contribution in [3.05, 3.63) is 60.7 Å². The molecular formula is C33H35ClFN7O5. The molecule has 0 unspecified atom stereocenters. The summed E-state index contributed by atoms with van der Waals surface area (Å²) >= 11 is 6.87. The number of anilines is 2. The first-order valence-electron chi connectivity index (χ1n) is 15.4. The van der Waals surface area contributed by atoms with Crippen LogP contribution in [-0.2, 0) is 9.53 Å². The monoisotopic (exact) mass is 663 g/mol. The van der Waals surface area contributed by atoms with Crippen LogP contribution in [0, 0.1) is 0 Å². The number of aromatic nitrogens is 4. The lowest BCUT2D eigenvalue weighted by Gasteiger charge is -2.42. The molecule has 3 aliphatic heterocycles. The number of benzene rings is 2. The quantitative estimate of drug-likeness (QED) is 0.240. The second-order valence-electron chi connectivity index (χ2n) is 11.8. The number of methoxy groups -OCH3 is 2. The number of hydrogen-bond donors (Lipinski definition) is 1. The SMILES string of the molecule is C=CC(=O)N1CC(Oc2cc3c(Nc4cc(-c5cnn([C@H]6CCN(C7COC7)C[C@@H]6F)c5Cl)ccc4OC)ncnc3cc2OC)C1. The first-order chi connectivity index (χ1) is 22.9. The van der Waals surface area contributed by atoms with E-state index < -0.39 is 12.2 Å². The lowest BCUT2D eigenvalue weighted by Crippen LogP contribution is -2.55. The van der Waals surface area contributed by atoms with E-state index in [1.807, 2.05) is 24.3 Å². The summed E-state index contributed by atoms with van der Waals surface area (Å²) in [5, 5.41) is 8.98. The minimum absolute atomic E-state index is 0.132. The smallest absolute Gasteiger partial charge is 0.246 e. The Kier molecular flexibility index (Phi) is 8.60. The zero-order chi connectivity index (χ0) is 32.7. The number of carbonyl (C=O) groups excluding carboxylic acids is 1. The topological polar surface area (TPSA) is 116 Å². The number of likely N-dealkylation sites (tertiary alicyclic amines) is 2. The molecule has 1 amide bonds. The highest BCUT2D eigenvalue weighted by molar-refractivity contribution is 6.32. The van der Waals surface area contributed by atoms with Crippen LogP contribution < -0.4 is 19.5 Å². The minimum Gasteiger partial charge on any atom is -0.495 e. The molecule has 0 spiro atoms. The Labute approximate surface area is 276 Å². The van der Waals surface area contributed by atoms with Gasteiger partial charge in [0.25, 0.3) is 0 Å². The maximum Gasteiger partial charge on any atom is 0.246 e. The molecule has 1 N–H and O–H groups in total.